The van der Waals surface area contributed by atoms with Crippen molar-refractivity contribution in [2.24, 2.45) is 34.2 Å². The summed E-state index contributed by atoms with van der Waals surface area (Å²) in [5.41, 5.74) is 24.6. The van der Waals surface area contributed by atoms with E-state index in [2.05, 4.69) is 26.0 Å². The number of Topliss-reactive ketones (excluding diaryl/α,β-unsaturated/α-hetero) is 3. The van der Waals surface area contributed by atoms with Crippen LogP contribution in [0.15, 0.2) is 47.6 Å². The van der Waals surface area contributed by atoms with Crippen LogP contribution in [0.5, 0.6) is 17.2 Å². The normalized spacial score (nSPS) is 14.3. The van der Waals surface area contributed by atoms with Crippen molar-refractivity contribution in [3.05, 3.63) is 128 Å². The molecule has 0 bridgehead atoms. The molecule has 4 aromatic carbocycles. The van der Waals surface area contributed by atoms with E-state index in [0.29, 0.717) is 70.2 Å². The molecule has 18 nitrogen and oxygen atoms in total. The van der Waals surface area contributed by atoms with Crippen molar-refractivity contribution in [3.63, 3.8) is 0 Å². The molecule has 0 heterocycles. The minimum atomic E-state index is -1.54. The van der Waals surface area contributed by atoms with Crippen LogP contribution in [0.1, 0.15) is 130 Å². The summed E-state index contributed by atoms with van der Waals surface area (Å²) in [4.78, 5) is 77.7. The zero-order valence-electron chi connectivity index (χ0n) is 49.6. The summed E-state index contributed by atoms with van der Waals surface area (Å²) in [6.07, 6.45) is 8.22. The topological polar surface area (TPSA) is 293 Å². The molecular formula is C61H75F10N9O9. The number of nitrogens with zero attached hydrogens (tertiary/aromatic N) is 3. The van der Waals surface area contributed by atoms with E-state index < -0.39 is 137 Å². The molecule has 6 rings (SSSR count). The lowest BCUT2D eigenvalue weighted by Crippen LogP contribution is -2.45. The van der Waals surface area contributed by atoms with E-state index in [4.69, 9.17) is 36.9 Å². The largest absolute Gasteiger partial charge is 0.480 e. The fourth-order valence-electron chi connectivity index (χ4n) is 9.56. The van der Waals surface area contributed by atoms with Gasteiger partial charge >= 0.3 is 0 Å². The molecule has 0 saturated heterocycles. The van der Waals surface area contributed by atoms with E-state index in [0.717, 1.165) is 44.6 Å². The Bertz CT molecular complexity index is 3050. The Balaban J connectivity index is 0.000000286. The first-order valence-electron chi connectivity index (χ1n) is 29.1. The summed E-state index contributed by atoms with van der Waals surface area (Å²) >= 11 is 0. The number of nitrogens with one attached hydrogen (secondary N) is 3. The Hall–Kier alpha value is -7.81. The zero-order valence-corrected chi connectivity index (χ0v) is 49.6. The molecule has 4 atom stereocenters. The molecule has 2 aliphatic carbocycles. The number of alkyl halides is 1. The number of ketones is 3. The van der Waals surface area contributed by atoms with E-state index in [-0.39, 0.29) is 77.4 Å². The number of halogens is 10. The van der Waals surface area contributed by atoms with Gasteiger partial charge in [0.2, 0.25) is 29.3 Å². The van der Waals surface area contributed by atoms with Gasteiger partial charge in [0.15, 0.2) is 69.5 Å². The molecule has 0 aliphatic heterocycles. The van der Waals surface area contributed by atoms with Crippen LogP contribution in [0.4, 0.5) is 49.6 Å². The highest BCUT2D eigenvalue weighted by Gasteiger charge is 2.32. The average molecular weight is 1270 g/mol. The number of rotatable bonds is 31. The van der Waals surface area contributed by atoms with Gasteiger partial charge in [0.05, 0.1) is 18.1 Å². The van der Waals surface area contributed by atoms with Gasteiger partial charge in [-0.15, -0.1) is 0 Å². The molecule has 4 unspecified atom stereocenters. The number of benzene rings is 4. The van der Waals surface area contributed by atoms with Crippen molar-refractivity contribution in [1.82, 2.24) is 16.0 Å². The third kappa shape index (κ3) is 22.6. The molecule has 0 aromatic heterocycles. The highest BCUT2D eigenvalue weighted by atomic mass is 19.2. The Kier molecular flexibility index (Phi) is 30.8. The van der Waals surface area contributed by atoms with E-state index in [1.54, 1.807) is 0 Å². The van der Waals surface area contributed by atoms with Crippen LogP contribution in [0, 0.1) is 85.0 Å². The summed E-state index contributed by atoms with van der Waals surface area (Å²) in [7, 11) is 0. The maximum atomic E-state index is 14.1. The van der Waals surface area contributed by atoms with Crippen LogP contribution >= 0.6 is 0 Å². The number of carbonyl (C=O) groups is 6. The SMILES string of the molecule is Cc1cc(F)c(F)c(OCC(=O)C(CCC(F)CN)NC(=O)C2CCCC2)c1F.Cc1cc(F)c(F)c(OCC(=O)C(CCCCN)NC(=O)C2CCCC2)c1F.Cc1cc(F)c(F)c(OCC(=O)C(CCCCN)NC(=O)c2cccc(N=[N+]=[N-])c2)c1F. The predicted octanol–water partition coefficient (Wildman–Crippen LogP) is 10.5. The van der Waals surface area contributed by atoms with Gasteiger partial charge in [0.1, 0.15) is 26.0 Å². The van der Waals surface area contributed by atoms with Gasteiger partial charge in [-0.1, -0.05) is 42.9 Å². The summed E-state index contributed by atoms with van der Waals surface area (Å²) in [5, 5.41) is 11.3. The number of azide groups is 1. The molecule has 0 spiro atoms. The Morgan fingerprint density at radius 2 is 0.910 bits per heavy atom. The van der Waals surface area contributed by atoms with Crippen molar-refractivity contribution in [2.45, 2.75) is 148 Å². The van der Waals surface area contributed by atoms with E-state index in [1.807, 2.05) is 0 Å². The van der Waals surface area contributed by atoms with Crippen molar-refractivity contribution < 1.29 is 86.9 Å². The molecule has 2 saturated carbocycles. The van der Waals surface area contributed by atoms with Gasteiger partial charge in [-0.05, 0) is 163 Å². The highest BCUT2D eigenvalue weighted by Crippen LogP contribution is 2.31. The number of hydrogen-bond acceptors (Lipinski definition) is 13. The Labute approximate surface area is 508 Å². The van der Waals surface area contributed by atoms with Crippen LogP contribution in [0.25, 0.3) is 10.4 Å². The molecule has 2 fully saturated rings. The molecule has 89 heavy (non-hydrogen) atoms. The number of hydrogen-bond donors (Lipinski definition) is 6. The minimum Gasteiger partial charge on any atom is -0.480 e. The zero-order chi connectivity index (χ0) is 65.9. The number of unbranched alkanes of at least 4 members (excludes halogenated alkanes) is 2. The summed E-state index contributed by atoms with van der Waals surface area (Å²) < 4.78 is 153. The summed E-state index contributed by atoms with van der Waals surface area (Å²) in [6.45, 7) is 2.06. The van der Waals surface area contributed by atoms with Gasteiger partial charge < -0.3 is 47.4 Å². The lowest BCUT2D eigenvalue weighted by Gasteiger charge is -2.21. The third-order valence-electron chi connectivity index (χ3n) is 14.7. The van der Waals surface area contributed by atoms with E-state index in [9.17, 15) is 72.7 Å². The molecule has 3 amide bonds. The number of carbonyl (C=O) groups excluding carboxylic acids is 6. The number of nitrogens with two attached hydrogens (primary N) is 3. The first-order valence-corrected chi connectivity index (χ1v) is 29.1. The van der Waals surface area contributed by atoms with Gasteiger partial charge in [-0.25, -0.2) is 30.7 Å². The lowest BCUT2D eigenvalue weighted by atomic mass is 10.0. The fraction of sp³-hybridized carbons (Fsp3) is 0.508. The first kappa shape index (κ1) is 73.7. The minimum absolute atomic E-state index is 0.0356. The maximum absolute atomic E-state index is 14.1. The van der Waals surface area contributed by atoms with Gasteiger partial charge in [0.25, 0.3) is 5.91 Å². The average Bonchev–Trinajstić information content (AvgIpc) is 2.21. The van der Waals surface area contributed by atoms with Crippen LogP contribution in [0.3, 0.4) is 0 Å². The smallest absolute Gasteiger partial charge is 0.251 e. The van der Waals surface area contributed by atoms with Crippen LogP contribution < -0.4 is 47.4 Å². The number of amides is 3. The van der Waals surface area contributed by atoms with E-state index >= 15 is 0 Å². The van der Waals surface area contributed by atoms with Crippen LogP contribution in [-0.2, 0) is 24.0 Å². The van der Waals surface area contributed by atoms with Crippen molar-refractivity contribution in [1.29, 1.82) is 0 Å². The Morgan fingerprint density at radius 1 is 0.539 bits per heavy atom. The second kappa shape index (κ2) is 37.2. The van der Waals surface area contributed by atoms with Crippen molar-refractivity contribution in [2.75, 3.05) is 39.5 Å². The highest BCUT2D eigenvalue weighted by molar-refractivity contribution is 5.99. The second-order valence-electron chi connectivity index (χ2n) is 21.5. The number of ether oxygens (including phenoxy) is 3. The summed E-state index contributed by atoms with van der Waals surface area (Å²) in [6, 6.07) is 4.92. The fourth-order valence-corrected chi connectivity index (χ4v) is 9.56. The van der Waals surface area contributed by atoms with E-state index in [1.165, 1.54) is 45.0 Å². The molecule has 488 valence electrons. The Morgan fingerprint density at radius 3 is 1.27 bits per heavy atom. The maximum Gasteiger partial charge on any atom is 0.251 e. The lowest BCUT2D eigenvalue weighted by molar-refractivity contribution is -0.131. The molecule has 0 radical (unpaired) electrons. The molecular weight excluding hydrogens is 1190 g/mol. The second-order valence-corrected chi connectivity index (χ2v) is 21.5. The summed E-state index contributed by atoms with van der Waals surface area (Å²) in [5.74, 6) is -18.0. The molecule has 4 aromatic rings. The number of aryl methyl sites for hydroxylation is 3. The monoisotopic (exact) mass is 1270 g/mol. The molecule has 2 aliphatic rings. The molecule has 28 heteroatoms. The van der Waals surface area contributed by atoms with Crippen LogP contribution in [-0.4, -0.2) is 98.8 Å². The van der Waals surface area contributed by atoms with Crippen LogP contribution in [0.2, 0.25) is 0 Å². The molecule has 9 N–H and O–H groups in total. The quantitative estimate of drug-likeness (QED) is 0.00685. The van der Waals surface area contributed by atoms with Gasteiger partial charge in [0, 0.05) is 34.5 Å². The van der Waals surface area contributed by atoms with Crippen molar-refractivity contribution in [3.8, 4) is 17.2 Å². The van der Waals surface area contributed by atoms with Gasteiger partial charge in [-0.3, -0.25) is 28.8 Å². The standard InChI is InChI=1S/C21H22F3N5O3.C20H26F4N2O3.C20H27F3N2O3/c1-12-9-15(22)19(24)20(18(12)23)32-11-17(30)16(7-2-3-8-25)27-21(31)13-5-4-6-14(10-13)28-29-26;1-11-8-14(22)18(24)19(17(11)23)29-10-16(27)15(7-6-13(21)9-25)26-20(28)12-4-2-3-5-12;1-12-10-14(21)18(23)19(17(12)22)28-11-16(26)15(8-4-5-9-24)25-20(27)13-6-2-3-7-13/h4-6,9-10,16H,2-3,7-8,11,25H2,1H3,(H,27,31);8,12-13,15H,2-7,9-10,25H2,1H3,(H,26,28);10,13,15H,2-9,11,24H2,1H3,(H,25,27). The predicted molar refractivity (Wildman–Crippen MR) is 308 cm³/mol. The van der Waals surface area contributed by atoms with Crippen molar-refractivity contribution >= 4 is 40.8 Å². The first-order chi connectivity index (χ1) is 42.4. The van der Waals surface area contributed by atoms with Gasteiger partial charge in [-0.2, -0.15) is 13.2 Å². The third-order valence-corrected chi connectivity index (χ3v) is 14.7.